The molecule has 2 amide bonds. The first kappa shape index (κ1) is 20.9. The number of carbonyl (C=O) groups excluding carboxylic acids is 3. The Morgan fingerprint density at radius 3 is 2.04 bits per heavy atom. The second-order valence-electron chi connectivity index (χ2n) is 7.96. The first-order valence-electron chi connectivity index (χ1n) is 9.49. The van der Waals surface area contributed by atoms with Gasteiger partial charge in [0.2, 0.25) is 11.8 Å². The molecule has 148 valence electrons. The standard InChI is InChI=1S/C21H30N2O4/c1-16(24)17-7-9-18(10-8-17)27-15-5-6-19(25)22-11-13-23(14-12-22)20(26)21(2,3)4/h7-10H,5-6,11-15H2,1-4H3. The average molecular weight is 374 g/mol. The molecule has 2 rings (SSSR count). The number of Topliss-reactive ketones (excluding diaryl/α,β-unsaturated/α-hetero) is 1. The first-order chi connectivity index (χ1) is 12.7. The van der Waals surface area contributed by atoms with Crippen molar-refractivity contribution in [2.75, 3.05) is 32.8 Å². The molecule has 0 aromatic heterocycles. The average Bonchev–Trinajstić information content (AvgIpc) is 2.64. The summed E-state index contributed by atoms with van der Waals surface area (Å²) in [6, 6.07) is 7.01. The summed E-state index contributed by atoms with van der Waals surface area (Å²) in [6.07, 6.45) is 1.06. The van der Waals surface area contributed by atoms with E-state index in [1.54, 1.807) is 24.3 Å². The predicted octanol–water partition coefficient (Wildman–Crippen LogP) is 2.77. The van der Waals surface area contributed by atoms with E-state index in [9.17, 15) is 14.4 Å². The maximum atomic E-state index is 12.3. The Hall–Kier alpha value is -2.37. The number of benzene rings is 1. The van der Waals surface area contributed by atoms with Crippen LogP contribution in [-0.4, -0.2) is 60.2 Å². The maximum absolute atomic E-state index is 12.3. The number of hydrogen-bond donors (Lipinski definition) is 0. The van der Waals surface area contributed by atoms with Gasteiger partial charge in [-0.1, -0.05) is 20.8 Å². The lowest BCUT2D eigenvalue weighted by atomic mass is 9.94. The number of ether oxygens (including phenoxy) is 1. The first-order valence-corrected chi connectivity index (χ1v) is 9.49. The van der Waals surface area contributed by atoms with Crippen molar-refractivity contribution in [2.24, 2.45) is 5.41 Å². The van der Waals surface area contributed by atoms with Gasteiger partial charge in [0.25, 0.3) is 0 Å². The Bertz CT molecular complexity index is 668. The molecule has 27 heavy (non-hydrogen) atoms. The fourth-order valence-electron chi connectivity index (χ4n) is 2.99. The summed E-state index contributed by atoms with van der Waals surface area (Å²) >= 11 is 0. The van der Waals surface area contributed by atoms with Crippen LogP contribution in [0.1, 0.15) is 50.9 Å². The molecule has 0 unspecified atom stereocenters. The summed E-state index contributed by atoms with van der Waals surface area (Å²) in [6.45, 7) is 10.1. The van der Waals surface area contributed by atoms with E-state index >= 15 is 0 Å². The molecule has 0 saturated carbocycles. The maximum Gasteiger partial charge on any atom is 0.228 e. The van der Waals surface area contributed by atoms with Crippen LogP contribution >= 0.6 is 0 Å². The third-order valence-corrected chi connectivity index (χ3v) is 4.63. The summed E-state index contributed by atoms with van der Waals surface area (Å²) < 4.78 is 5.63. The van der Waals surface area contributed by atoms with Crippen LogP contribution in [0.5, 0.6) is 5.75 Å². The minimum Gasteiger partial charge on any atom is -0.494 e. The molecule has 0 spiro atoms. The van der Waals surface area contributed by atoms with E-state index in [-0.39, 0.29) is 23.0 Å². The minimum atomic E-state index is -0.383. The van der Waals surface area contributed by atoms with Gasteiger partial charge in [-0.3, -0.25) is 14.4 Å². The number of amides is 2. The Kier molecular flexibility index (Phi) is 6.99. The topological polar surface area (TPSA) is 66.9 Å². The van der Waals surface area contributed by atoms with E-state index in [0.29, 0.717) is 56.9 Å². The number of ketones is 1. The van der Waals surface area contributed by atoms with Gasteiger partial charge in [-0.25, -0.2) is 0 Å². The summed E-state index contributed by atoms with van der Waals surface area (Å²) in [5.74, 6) is 0.963. The number of piperazine rings is 1. The molecule has 1 aliphatic rings. The third kappa shape index (κ3) is 6.08. The lowest BCUT2D eigenvalue weighted by Crippen LogP contribution is -2.53. The Morgan fingerprint density at radius 1 is 0.963 bits per heavy atom. The second-order valence-corrected chi connectivity index (χ2v) is 7.96. The smallest absolute Gasteiger partial charge is 0.228 e. The van der Waals surface area contributed by atoms with Crippen LogP contribution < -0.4 is 4.74 Å². The van der Waals surface area contributed by atoms with Gasteiger partial charge >= 0.3 is 0 Å². The minimum absolute atomic E-state index is 0.0245. The SMILES string of the molecule is CC(=O)c1ccc(OCCCC(=O)N2CCN(C(=O)C(C)(C)C)CC2)cc1. The molecular weight excluding hydrogens is 344 g/mol. The van der Waals surface area contributed by atoms with Crippen molar-refractivity contribution < 1.29 is 19.1 Å². The van der Waals surface area contributed by atoms with E-state index < -0.39 is 0 Å². The molecule has 0 aliphatic carbocycles. The summed E-state index contributed by atoms with van der Waals surface area (Å²) in [7, 11) is 0. The van der Waals surface area contributed by atoms with E-state index in [4.69, 9.17) is 4.74 Å². The van der Waals surface area contributed by atoms with Crippen LogP contribution in [0.15, 0.2) is 24.3 Å². The van der Waals surface area contributed by atoms with E-state index in [1.807, 2.05) is 30.6 Å². The van der Waals surface area contributed by atoms with Crippen molar-refractivity contribution >= 4 is 17.6 Å². The van der Waals surface area contributed by atoms with Gasteiger partial charge in [0, 0.05) is 43.6 Å². The molecule has 1 aromatic carbocycles. The highest BCUT2D eigenvalue weighted by Crippen LogP contribution is 2.19. The van der Waals surface area contributed by atoms with E-state index in [2.05, 4.69) is 0 Å². The molecule has 1 fully saturated rings. The van der Waals surface area contributed by atoms with E-state index in [0.717, 1.165) is 0 Å². The van der Waals surface area contributed by atoms with Crippen LogP contribution in [0.4, 0.5) is 0 Å². The van der Waals surface area contributed by atoms with Crippen LogP contribution in [0.3, 0.4) is 0 Å². The highest BCUT2D eigenvalue weighted by atomic mass is 16.5. The second kappa shape index (κ2) is 9.02. The molecule has 6 nitrogen and oxygen atoms in total. The highest BCUT2D eigenvalue weighted by molar-refractivity contribution is 5.94. The van der Waals surface area contributed by atoms with Gasteiger partial charge in [-0.15, -0.1) is 0 Å². The molecule has 0 bridgehead atoms. The molecule has 1 heterocycles. The zero-order valence-corrected chi connectivity index (χ0v) is 16.8. The fourth-order valence-corrected chi connectivity index (χ4v) is 2.99. The molecule has 1 aromatic rings. The van der Waals surface area contributed by atoms with Crippen molar-refractivity contribution in [2.45, 2.75) is 40.5 Å². The number of rotatable bonds is 6. The van der Waals surface area contributed by atoms with Crippen molar-refractivity contribution in [1.29, 1.82) is 0 Å². The van der Waals surface area contributed by atoms with Crippen LogP contribution in [-0.2, 0) is 9.59 Å². The van der Waals surface area contributed by atoms with Crippen molar-refractivity contribution in [3.8, 4) is 5.75 Å². The fraction of sp³-hybridized carbons (Fsp3) is 0.571. The summed E-state index contributed by atoms with van der Waals surface area (Å²) in [4.78, 5) is 39.5. The molecular formula is C21H30N2O4. The third-order valence-electron chi connectivity index (χ3n) is 4.63. The number of nitrogens with zero attached hydrogens (tertiary/aromatic N) is 2. The zero-order chi connectivity index (χ0) is 20.0. The molecule has 0 atom stereocenters. The molecule has 1 saturated heterocycles. The summed E-state index contributed by atoms with van der Waals surface area (Å²) in [5, 5.41) is 0. The summed E-state index contributed by atoms with van der Waals surface area (Å²) in [5.41, 5.74) is 0.271. The Balaban J connectivity index is 1.68. The molecule has 0 N–H and O–H groups in total. The van der Waals surface area contributed by atoms with Crippen LogP contribution in [0.25, 0.3) is 0 Å². The Morgan fingerprint density at radius 2 is 1.52 bits per heavy atom. The van der Waals surface area contributed by atoms with Crippen molar-refractivity contribution in [3.63, 3.8) is 0 Å². The Labute approximate surface area is 161 Å². The highest BCUT2D eigenvalue weighted by Gasteiger charge is 2.30. The zero-order valence-electron chi connectivity index (χ0n) is 16.8. The molecule has 6 heteroatoms. The van der Waals surface area contributed by atoms with Gasteiger partial charge in [0.1, 0.15) is 5.75 Å². The van der Waals surface area contributed by atoms with Gasteiger partial charge in [0.05, 0.1) is 6.61 Å². The van der Waals surface area contributed by atoms with Gasteiger partial charge in [-0.05, 0) is 37.6 Å². The van der Waals surface area contributed by atoms with Crippen LogP contribution in [0, 0.1) is 5.41 Å². The predicted molar refractivity (Wildman–Crippen MR) is 104 cm³/mol. The van der Waals surface area contributed by atoms with Crippen LogP contribution in [0.2, 0.25) is 0 Å². The van der Waals surface area contributed by atoms with Crippen molar-refractivity contribution in [3.05, 3.63) is 29.8 Å². The lowest BCUT2D eigenvalue weighted by Gasteiger charge is -2.37. The largest absolute Gasteiger partial charge is 0.494 e. The monoisotopic (exact) mass is 374 g/mol. The molecule has 1 aliphatic heterocycles. The molecule has 0 radical (unpaired) electrons. The van der Waals surface area contributed by atoms with Gasteiger partial charge in [-0.2, -0.15) is 0 Å². The number of hydrogen-bond acceptors (Lipinski definition) is 4. The normalized spacial score (nSPS) is 14.8. The van der Waals surface area contributed by atoms with E-state index in [1.165, 1.54) is 6.92 Å². The van der Waals surface area contributed by atoms with Crippen molar-refractivity contribution in [1.82, 2.24) is 9.80 Å². The number of carbonyl (C=O) groups is 3. The quantitative estimate of drug-likeness (QED) is 0.567. The van der Waals surface area contributed by atoms with Gasteiger partial charge in [0.15, 0.2) is 5.78 Å². The lowest BCUT2D eigenvalue weighted by molar-refractivity contribution is -0.145. The van der Waals surface area contributed by atoms with Gasteiger partial charge < -0.3 is 14.5 Å².